The van der Waals surface area contributed by atoms with Crippen LogP contribution in [0.2, 0.25) is 0 Å². The minimum atomic E-state index is -4.29. The second-order valence-corrected chi connectivity index (χ2v) is 8.30. The Bertz CT molecular complexity index is 711. The number of rotatable bonds is 2. The summed E-state index contributed by atoms with van der Waals surface area (Å²) in [6, 6.07) is 8.93. The first-order chi connectivity index (χ1) is 13.5. The maximum Gasteiger partial charge on any atom is 0.412 e. The maximum absolute atomic E-state index is 12.0. The number of alkyl halides is 3. The Morgan fingerprint density at radius 3 is 1.97 bits per heavy atom. The van der Waals surface area contributed by atoms with Crippen LogP contribution in [0.1, 0.15) is 53.9 Å². The van der Waals surface area contributed by atoms with Crippen LogP contribution in [0.5, 0.6) is 0 Å². The summed E-state index contributed by atoms with van der Waals surface area (Å²) < 4.78 is 46.7. The van der Waals surface area contributed by atoms with Crippen LogP contribution in [0.3, 0.4) is 0 Å². The van der Waals surface area contributed by atoms with Crippen molar-refractivity contribution in [2.75, 3.05) is 0 Å². The molecule has 1 fully saturated rings. The van der Waals surface area contributed by atoms with Crippen molar-refractivity contribution in [3.63, 3.8) is 0 Å². The van der Waals surface area contributed by atoms with E-state index in [2.05, 4.69) is 20.8 Å². The van der Waals surface area contributed by atoms with Crippen molar-refractivity contribution in [1.82, 2.24) is 0 Å². The van der Waals surface area contributed by atoms with E-state index in [0.717, 1.165) is 12.0 Å². The van der Waals surface area contributed by atoms with E-state index in [1.54, 1.807) is 24.3 Å². The largest absolute Gasteiger partial charge is 0.412 e. The predicted octanol–water partition coefficient (Wildman–Crippen LogP) is 6.14. The van der Waals surface area contributed by atoms with Gasteiger partial charge in [-0.15, -0.1) is 0 Å². The lowest BCUT2D eigenvalue weighted by molar-refractivity contribution is -0.104. The molecule has 2 atom stereocenters. The highest BCUT2D eigenvalue weighted by atomic mass is 32.2. The molecule has 0 saturated heterocycles. The minimum Gasteiger partial charge on any atom is -0.298 e. The van der Waals surface area contributed by atoms with Crippen molar-refractivity contribution in [3.8, 4) is 0 Å². The predicted molar refractivity (Wildman–Crippen MR) is 113 cm³/mol. The summed E-state index contributed by atoms with van der Waals surface area (Å²) in [5, 5.41) is 5.09. The summed E-state index contributed by atoms with van der Waals surface area (Å²) in [5.41, 5.74) is 0.209. The lowest BCUT2D eigenvalue weighted by Crippen LogP contribution is -2.13. The molecule has 0 radical (unpaired) electrons. The van der Waals surface area contributed by atoms with Gasteiger partial charge in [0.25, 0.3) is 0 Å². The quantitative estimate of drug-likeness (QED) is 0.572. The van der Waals surface area contributed by atoms with Crippen LogP contribution in [0.25, 0.3) is 0 Å². The highest BCUT2D eigenvalue weighted by Crippen LogP contribution is 2.50. The van der Waals surface area contributed by atoms with Gasteiger partial charge < -0.3 is 0 Å². The molecule has 3 rings (SSSR count). The third-order valence-corrected chi connectivity index (χ3v) is 5.35. The summed E-state index contributed by atoms with van der Waals surface area (Å²) in [7, 11) is -1.33. The molecule has 0 bridgehead atoms. The second kappa shape index (κ2) is 12.8. The Hall–Kier alpha value is -1.73. The average molecular weight is 432 g/mol. The Morgan fingerprint density at radius 2 is 1.66 bits per heavy atom. The van der Waals surface area contributed by atoms with Crippen LogP contribution in [-0.4, -0.2) is 16.7 Å². The van der Waals surface area contributed by atoms with E-state index < -0.39 is 22.7 Å². The summed E-state index contributed by atoms with van der Waals surface area (Å²) in [4.78, 5) is 10.8. The third kappa shape index (κ3) is 11.1. The molecule has 0 spiro atoms. The van der Waals surface area contributed by atoms with E-state index in [9.17, 15) is 22.2 Å². The molecule has 2 aliphatic rings. The number of halogens is 3. The topological polar surface area (TPSA) is 60.2 Å². The number of benzene rings is 1. The fourth-order valence-electron chi connectivity index (χ4n) is 2.32. The normalized spacial score (nSPS) is 20.0. The number of allylic oxidation sites excluding steroid dienone is 4. The summed E-state index contributed by atoms with van der Waals surface area (Å²) in [6.07, 6.45) is 0.249. The van der Waals surface area contributed by atoms with Crippen molar-refractivity contribution in [3.05, 3.63) is 53.6 Å². The van der Waals surface area contributed by atoms with Gasteiger partial charge in [-0.25, -0.2) is 9.35 Å². The molecule has 3 nitrogen and oxygen atoms in total. The van der Waals surface area contributed by atoms with Crippen molar-refractivity contribution >= 4 is 17.3 Å². The Kier molecular flexibility index (Phi) is 12.0. The van der Waals surface area contributed by atoms with Gasteiger partial charge in [-0.3, -0.25) is 4.79 Å². The monoisotopic (exact) mass is 431 g/mol. The molecule has 2 aliphatic carbocycles. The van der Waals surface area contributed by atoms with E-state index in [1.165, 1.54) is 12.5 Å². The molecule has 2 unspecified atom stereocenters. The lowest BCUT2D eigenvalue weighted by atomic mass is 10.00. The molecule has 7 heteroatoms. The second-order valence-electron chi connectivity index (χ2n) is 7.23. The van der Waals surface area contributed by atoms with Gasteiger partial charge in [0.05, 0.1) is 4.90 Å². The van der Waals surface area contributed by atoms with Gasteiger partial charge >= 0.3 is 6.18 Å². The highest BCUT2D eigenvalue weighted by Gasteiger charge is 2.41. The van der Waals surface area contributed by atoms with E-state index in [4.69, 9.17) is 5.14 Å². The van der Waals surface area contributed by atoms with Crippen LogP contribution in [0, 0.1) is 11.3 Å². The smallest absolute Gasteiger partial charge is 0.298 e. The third-order valence-electron chi connectivity index (χ3n) is 4.62. The van der Waals surface area contributed by atoms with E-state index in [-0.39, 0.29) is 12.0 Å². The molecule has 164 valence electrons. The van der Waals surface area contributed by atoms with E-state index >= 15 is 0 Å². The molecule has 1 aromatic carbocycles. The van der Waals surface area contributed by atoms with Crippen molar-refractivity contribution in [2.24, 2.45) is 16.5 Å². The number of nitrogens with two attached hydrogens (primary N) is 1. The molecular weight excluding hydrogens is 399 g/mol. The van der Waals surface area contributed by atoms with Gasteiger partial charge in [-0.2, -0.15) is 13.2 Å². The van der Waals surface area contributed by atoms with Crippen LogP contribution < -0.4 is 5.14 Å². The standard InChI is InChI=1S/C8H7F3O.C6H7NOS.C6H12.C2H6/c9-8(10,11)7-3-1-2-6(4-7)5-12;7-9(8)6-4-2-1-3-5-6;1-5-4-6(5,2)3;1-2/h2,4-5H,1,3H2;1-5H,7H2;5H,4H2,1-3H3;1-2H3. The number of hydrogen-bond acceptors (Lipinski definition) is 2. The van der Waals surface area contributed by atoms with E-state index in [0.29, 0.717) is 23.0 Å². The number of hydrogen-bond donors (Lipinski definition) is 1. The molecule has 2 N–H and O–H groups in total. The van der Waals surface area contributed by atoms with Gasteiger partial charge in [-0.05, 0) is 48.8 Å². The van der Waals surface area contributed by atoms with Gasteiger partial charge in [0.1, 0.15) is 17.3 Å². The molecule has 0 heterocycles. The fraction of sp³-hybridized carbons (Fsp3) is 0.500. The van der Waals surface area contributed by atoms with Crippen LogP contribution >= 0.6 is 0 Å². The van der Waals surface area contributed by atoms with E-state index in [1.807, 2.05) is 19.9 Å². The minimum absolute atomic E-state index is 0.0269. The molecule has 0 aliphatic heterocycles. The Labute approximate surface area is 174 Å². The Morgan fingerprint density at radius 1 is 1.17 bits per heavy atom. The number of aldehydes is 1. The SMILES string of the molecule is CC.CC1CC1(C)C.NS(=O)c1ccccc1.O=CC1=CCCC(C(F)(F)F)=C1. The summed E-state index contributed by atoms with van der Waals surface area (Å²) in [5.74, 6) is 0.998. The summed E-state index contributed by atoms with van der Waals surface area (Å²) in [6.45, 7) is 10.9. The van der Waals surface area contributed by atoms with Crippen LogP contribution in [0.4, 0.5) is 13.2 Å². The molecule has 0 aromatic heterocycles. The zero-order valence-electron chi connectivity index (χ0n) is 17.8. The van der Waals surface area contributed by atoms with Gasteiger partial charge in [-0.1, -0.05) is 58.9 Å². The fourth-order valence-corrected chi connectivity index (χ4v) is 2.74. The molecule has 1 aromatic rings. The maximum atomic E-state index is 12.0. The molecule has 29 heavy (non-hydrogen) atoms. The number of carbonyl (C=O) groups excluding carboxylic acids is 1. The zero-order valence-corrected chi connectivity index (χ0v) is 18.6. The Balaban J connectivity index is 0.000000407. The van der Waals surface area contributed by atoms with Crippen molar-refractivity contribution in [1.29, 1.82) is 0 Å². The first-order valence-electron chi connectivity index (χ1n) is 9.61. The number of carbonyl (C=O) groups is 1. The first kappa shape index (κ1) is 27.3. The molecule has 1 saturated carbocycles. The first-order valence-corrected chi connectivity index (χ1v) is 10.8. The van der Waals surface area contributed by atoms with Gasteiger partial charge in [0, 0.05) is 11.1 Å². The van der Waals surface area contributed by atoms with Crippen LogP contribution in [0.15, 0.2) is 58.5 Å². The van der Waals surface area contributed by atoms with Crippen molar-refractivity contribution < 1.29 is 22.2 Å². The van der Waals surface area contributed by atoms with Gasteiger partial charge in [0.15, 0.2) is 0 Å². The van der Waals surface area contributed by atoms with Crippen molar-refractivity contribution in [2.45, 2.75) is 65.0 Å². The average Bonchev–Trinajstić information content (AvgIpc) is 3.27. The zero-order chi connectivity index (χ0) is 22.7. The van der Waals surface area contributed by atoms with Gasteiger partial charge in [0.2, 0.25) is 0 Å². The highest BCUT2D eigenvalue weighted by molar-refractivity contribution is 7.82. The summed E-state index contributed by atoms with van der Waals surface area (Å²) >= 11 is 0. The lowest BCUT2D eigenvalue weighted by Gasteiger charge is -2.13. The molecule has 0 amide bonds. The van der Waals surface area contributed by atoms with Crippen LogP contribution in [-0.2, 0) is 15.8 Å². The molecular formula is C22H32F3NO2S.